The largest absolute Gasteiger partial charge is 0.396 e. The third kappa shape index (κ3) is 5.26. The van der Waals surface area contributed by atoms with E-state index in [1.54, 1.807) is 6.92 Å². The van der Waals surface area contributed by atoms with Crippen molar-refractivity contribution in [2.75, 3.05) is 19.8 Å². The molecule has 0 radical (unpaired) electrons. The zero-order valence-corrected chi connectivity index (χ0v) is 8.34. The zero-order valence-electron chi connectivity index (χ0n) is 8.34. The molecule has 0 aromatic heterocycles. The number of aliphatic hydroxyl groups excluding tert-OH is 3. The molecule has 0 aromatic carbocycles. The highest BCUT2D eigenvalue weighted by atomic mass is 16.6. The number of carbonyl (C=O) groups is 2. The molecule has 0 bridgehead atoms. The molecule has 1 aliphatic heterocycles. The van der Waals surface area contributed by atoms with Crippen LogP contribution in [-0.4, -0.2) is 47.1 Å². The van der Waals surface area contributed by atoms with Crippen LogP contribution in [-0.2, 0) is 14.3 Å². The Morgan fingerprint density at radius 3 is 1.47 bits per heavy atom. The zero-order chi connectivity index (χ0) is 11.9. The van der Waals surface area contributed by atoms with Gasteiger partial charge in [0.05, 0.1) is 19.8 Å². The Balaban J connectivity index is 0.000000262. The molecule has 0 amide bonds. The van der Waals surface area contributed by atoms with Crippen LogP contribution in [0.15, 0.2) is 12.2 Å². The fraction of sp³-hybridized carbons (Fsp3) is 0.556. The SMILES string of the molecule is CC(CO)(CO)CO.O=C1C=CC(=O)O1. The average molecular weight is 218 g/mol. The number of rotatable bonds is 3. The lowest BCUT2D eigenvalue weighted by atomic mass is 9.95. The Bertz CT molecular complexity index is 229. The Labute approximate surface area is 86.8 Å². The summed E-state index contributed by atoms with van der Waals surface area (Å²) in [6.07, 6.45) is 2.17. The van der Waals surface area contributed by atoms with Gasteiger partial charge in [0.2, 0.25) is 0 Å². The van der Waals surface area contributed by atoms with Crippen molar-refractivity contribution in [2.24, 2.45) is 5.41 Å². The molecule has 3 N–H and O–H groups in total. The van der Waals surface area contributed by atoms with Crippen LogP contribution in [0.2, 0.25) is 0 Å². The van der Waals surface area contributed by atoms with Gasteiger partial charge >= 0.3 is 11.9 Å². The quantitative estimate of drug-likeness (QED) is 0.397. The second-order valence-corrected chi connectivity index (χ2v) is 3.36. The standard InChI is InChI=1S/C5H12O3.C4H2O3/c1-5(2-6,3-7)4-8;5-3-1-2-4(6)7-3/h6-8H,2-4H2,1H3;1-2H. The fourth-order valence-electron chi connectivity index (χ4n) is 0.453. The summed E-state index contributed by atoms with van der Waals surface area (Å²) in [7, 11) is 0. The van der Waals surface area contributed by atoms with E-state index < -0.39 is 17.4 Å². The van der Waals surface area contributed by atoms with Crippen LogP contribution in [0.5, 0.6) is 0 Å². The average Bonchev–Trinajstić information content (AvgIpc) is 2.62. The van der Waals surface area contributed by atoms with Gasteiger partial charge in [-0.25, -0.2) is 9.59 Å². The summed E-state index contributed by atoms with van der Waals surface area (Å²) in [5.41, 5.74) is -0.708. The number of esters is 2. The first kappa shape index (κ1) is 13.8. The molecule has 15 heavy (non-hydrogen) atoms. The summed E-state index contributed by atoms with van der Waals surface area (Å²) in [6.45, 7) is 1.06. The lowest BCUT2D eigenvalue weighted by molar-refractivity contribution is -0.150. The first-order valence-corrected chi connectivity index (χ1v) is 4.24. The van der Waals surface area contributed by atoms with E-state index in [1.807, 2.05) is 0 Å². The molecular weight excluding hydrogens is 204 g/mol. The Hall–Kier alpha value is -1.24. The maximum atomic E-state index is 9.92. The predicted molar refractivity (Wildman–Crippen MR) is 49.6 cm³/mol. The topological polar surface area (TPSA) is 104 Å². The van der Waals surface area contributed by atoms with Crippen LogP contribution in [0.1, 0.15) is 6.92 Å². The first-order chi connectivity index (χ1) is 6.97. The van der Waals surface area contributed by atoms with E-state index in [4.69, 9.17) is 15.3 Å². The highest BCUT2D eigenvalue weighted by Gasteiger charge is 2.20. The Kier molecular flexibility index (Phi) is 5.76. The van der Waals surface area contributed by atoms with E-state index in [1.165, 1.54) is 0 Å². The van der Waals surface area contributed by atoms with Gasteiger partial charge in [-0.15, -0.1) is 0 Å². The normalized spacial score (nSPS) is 14.7. The number of aliphatic hydroxyl groups is 3. The molecule has 1 aliphatic rings. The molecule has 0 aromatic rings. The van der Waals surface area contributed by atoms with E-state index in [2.05, 4.69) is 4.74 Å². The third-order valence-electron chi connectivity index (χ3n) is 1.70. The van der Waals surface area contributed by atoms with Gasteiger partial charge < -0.3 is 20.1 Å². The second kappa shape index (κ2) is 6.28. The van der Waals surface area contributed by atoms with Crippen molar-refractivity contribution in [3.05, 3.63) is 12.2 Å². The van der Waals surface area contributed by atoms with Crippen LogP contribution in [0.3, 0.4) is 0 Å². The Morgan fingerprint density at radius 1 is 1.07 bits per heavy atom. The van der Waals surface area contributed by atoms with Crippen LogP contribution < -0.4 is 0 Å². The van der Waals surface area contributed by atoms with Gasteiger partial charge in [0.15, 0.2) is 0 Å². The fourth-order valence-corrected chi connectivity index (χ4v) is 0.453. The molecule has 0 fully saturated rings. The van der Waals surface area contributed by atoms with Gasteiger partial charge in [0.1, 0.15) is 0 Å². The number of hydrogen-bond donors (Lipinski definition) is 3. The highest BCUT2D eigenvalue weighted by Crippen LogP contribution is 2.10. The van der Waals surface area contributed by atoms with E-state index >= 15 is 0 Å². The van der Waals surface area contributed by atoms with Gasteiger partial charge in [-0.3, -0.25) is 0 Å². The maximum Gasteiger partial charge on any atom is 0.338 e. The summed E-state index contributed by atoms with van der Waals surface area (Å²) < 4.78 is 3.97. The van der Waals surface area contributed by atoms with E-state index in [0.29, 0.717) is 0 Å². The maximum absolute atomic E-state index is 9.92. The molecule has 1 rings (SSSR count). The van der Waals surface area contributed by atoms with Crippen molar-refractivity contribution in [1.29, 1.82) is 0 Å². The molecule has 86 valence electrons. The van der Waals surface area contributed by atoms with Crippen molar-refractivity contribution >= 4 is 11.9 Å². The molecule has 1 heterocycles. The number of carbonyl (C=O) groups excluding carboxylic acids is 2. The van der Waals surface area contributed by atoms with Crippen molar-refractivity contribution in [3.8, 4) is 0 Å². The molecule has 6 heteroatoms. The lowest BCUT2D eigenvalue weighted by Crippen LogP contribution is -2.29. The number of cyclic esters (lactones) is 2. The molecule has 0 aliphatic carbocycles. The minimum atomic E-state index is -0.708. The number of ether oxygens (including phenoxy) is 1. The van der Waals surface area contributed by atoms with Gasteiger partial charge in [-0.2, -0.15) is 0 Å². The Morgan fingerprint density at radius 2 is 1.40 bits per heavy atom. The third-order valence-corrected chi connectivity index (χ3v) is 1.70. The van der Waals surface area contributed by atoms with E-state index in [-0.39, 0.29) is 19.8 Å². The van der Waals surface area contributed by atoms with Crippen molar-refractivity contribution in [2.45, 2.75) is 6.92 Å². The summed E-state index contributed by atoms with van der Waals surface area (Å²) in [5, 5.41) is 25.4. The van der Waals surface area contributed by atoms with Crippen LogP contribution in [0.25, 0.3) is 0 Å². The van der Waals surface area contributed by atoms with Crippen molar-refractivity contribution < 1.29 is 29.6 Å². The van der Waals surface area contributed by atoms with Gasteiger partial charge in [-0.1, -0.05) is 6.92 Å². The monoisotopic (exact) mass is 218 g/mol. The van der Waals surface area contributed by atoms with Crippen LogP contribution in [0.4, 0.5) is 0 Å². The number of hydrogen-bond acceptors (Lipinski definition) is 6. The second-order valence-electron chi connectivity index (χ2n) is 3.36. The summed E-state index contributed by atoms with van der Waals surface area (Å²) in [5.74, 6) is -1.16. The van der Waals surface area contributed by atoms with Crippen LogP contribution in [0, 0.1) is 5.41 Å². The first-order valence-electron chi connectivity index (χ1n) is 4.24. The molecule has 0 atom stereocenters. The summed E-state index contributed by atoms with van der Waals surface area (Å²) in [4.78, 5) is 19.8. The summed E-state index contributed by atoms with van der Waals surface area (Å²) in [6, 6.07) is 0. The van der Waals surface area contributed by atoms with Crippen LogP contribution >= 0.6 is 0 Å². The summed E-state index contributed by atoms with van der Waals surface area (Å²) >= 11 is 0. The van der Waals surface area contributed by atoms with Crippen molar-refractivity contribution in [3.63, 3.8) is 0 Å². The van der Waals surface area contributed by atoms with Gasteiger partial charge in [0.25, 0.3) is 0 Å². The molecule has 0 saturated carbocycles. The minimum absolute atomic E-state index is 0.181. The molecule has 6 nitrogen and oxygen atoms in total. The molecule has 0 spiro atoms. The predicted octanol–water partition coefficient (Wildman–Crippen LogP) is -1.40. The molecule has 0 unspecified atom stereocenters. The smallest absolute Gasteiger partial charge is 0.338 e. The highest BCUT2D eigenvalue weighted by molar-refractivity contribution is 6.04. The van der Waals surface area contributed by atoms with E-state index in [9.17, 15) is 9.59 Å². The van der Waals surface area contributed by atoms with Gasteiger partial charge in [-0.05, 0) is 0 Å². The lowest BCUT2D eigenvalue weighted by Gasteiger charge is -2.20. The van der Waals surface area contributed by atoms with Gasteiger partial charge in [0, 0.05) is 17.6 Å². The molecular formula is C9H14O6. The minimum Gasteiger partial charge on any atom is -0.396 e. The van der Waals surface area contributed by atoms with E-state index in [0.717, 1.165) is 12.2 Å². The molecule has 0 saturated heterocycles. The van der Waals surface area contributed by atoms with Crippen molar-refractivity contribution in [1.82, 2.24) is 0 Å².